The van der Waals surface area contributed by atoms with Crippen molar-refractivity contribution >= 4 is 34.6 Å². The lowest BCUT2D eigenvalue weighted by Gasteiger charge is -2.29. The molecule has 0 aliphatic carbocycles. The van der Waals surface area contributed by atoms with Crippen molar-refractivity contribution in [1.29, 1.82) is 0 Å². The number of hydrogen-bond acceptors (Lipinski definition) is 3. The van der Waals surface area contributed by atoms with Crippen molar-refractivity contribution in [3.63, 3.8) is 0 Å². The minimum atomic E-state index is -0.552. The number of carbonyl (C=O) groups excluding carboxylic acids is 1. The summed E-state index contributed by atoms with van der Waals surface area (Å²) < 4.78 is 13.8. The first kappa shape index (κ1) is 18.5. The number of piperidine rings is 1. The van der Waals surface area contributed by atoms with Gasteiger partial charge in [0.1, 0.15) is 11.9 Å². The molecule has 1 aliphatic rings. The predicted molar refractivity (Wildman–Crippen MR) is 106 cm³/mol. The van der Waals surface area contributed by atoms with Crippen molar-refractivity contribution in [3.8, 4) is 0 Å². The van der Waals surface area contributed by atoms with Crippen LogP contribution in [0.5, 0.6) is 0 Å². The molecule has 2 aromatic carbocycles. The van der Waals surface area contributed by atoms with Gasteiger partial charge in [0.25, 0.3) is 0 Å². The van der Waals surface area contributed by atoms with Gasteiger partial charge in [-0.15, -0.1) is 0 Å². The molecule has 3 rings (SSSR count). The molecule has 0 spiro atoms. The third kappa shape index (κ3) is 4.67. The second kappa shape index (κ2) is 8.41. The molecule has 1 fully saturated rings. The molecule has 4 nitrogen and oxygen atoms in total. The zero-order valence-corrected chi connectivity index (χ0v) is 15.5. The summed E-state index contributed by atoms with van der Waals surface area (Å²) in [5, 5.41) is 6.01. The topological polar surface area (TPSA) is 44.4 Å². The third-order valence-electron chi connectivity index (χ3n) is 4.55. The molecular formula is C20H23ClFN3O. The minimum absolute atomic E-state index is 0.119. The van der Waals surface area contributed by atoms with E-state index in [9.17, 15) is 9.18 Å². The van der Waals surface area contributed by atoms with E-state index in [1.807, 2.05) is 12.1 Å². The summed E-state index contributed by atoms with van der Waals surface area (Å²) in [5.41, 5.74) is 2.18. The Labute approximate surface area is 158 Å². The number of carbonyl (C=O) groups is 1. The van der Waals surface area contributed by atoms with Crippen LogP contribution < -0.4 is 15.5 Å². The van der Waals surface area contributed by atoms with Gasteiger partial charge in [0, 0.05) is 29.5 Å². The molecule has 0 radical (unpaired) electrons. The van der Waals surface area contributed by atoms with E-state index >= 15 is 0 Å². The van der Waals surface area contributed by atoms with Crippen molar-refractivity contribution in [2.75, 3.05) is 28.6 Å². The van der Waals surface area contributed by atoms with Crippen LogP contribution in [-0.4, -0.2) is 25.0 Å². The number of nitrogens with zero attached hydrogens (tertiary/aromatic N) is 1. The fourth-order valence-electron chi connectivity index (χ4n) is 3.07. The van der Waals surface area contributed by atoms with Gasteiger partial charge in [-0.05, 0) is 68.7 Å². The van der Waals surface area contributed by atoms with E-state index in [-0.39, 0.29) is 11.6 Å². The highest BCUT2D eigenvalue weighted by molar-refractivity contribution is 6.30. The smallest absolute Gasteiger partial charge is 0.246 e. The Bertz CT molecular complexity index is 760. The Kier molecular flexibility index (Phi) is 5.99. The van der Waals surface area contributed by atoms with Crippen LogP contribution >= 0.6 is 11.6 Å². The van der Waals surface area contributed by atoms with E-state index < -0.39 is 11.9 Å². The Balaban J connectivity index is 1.58. The highest BCUT2D eigenvalue weighted by atomic mass is 35.5. The fraction of sp³-hybridized carbons (Fsp3) is 0.350. The molecule has 0 saturated carbocycles. The predicted octanol–water partition coefficient (Wildman–Crippen LogP) is 4.91. The number of amides is 1. The Morgan fingerprint density at radius 2 is 1.81 bits per heavy atom. The molecular weight excluding hydrogens is 353 g/mol. The number of anilines is 3. The lowest BCUT2D eigenvalue weighted by Crippen LogP contribution is -2.32. The van der Waals surface area contributed by atoms with E-state index in [1.165, 1.54) is 43.1 Å². The molecule has 0 aromatic heterocycles. The van der Waals surface area contributed by atoms with E-state index in [4.69, 9.17) is 11.6 Å². The highest BCUT2D eigenvalue weighted by Crippen LogP contribution is 2.23. The fourth-order valence-corrected chi connectivity index (χ4v) is 3.23. The maximum atomic E-state index is 13.8. The number of nitrogens with one attached hydrogen (secondary N) is 2. The van der Waals surface area contributed by atoms with Crippen LogP contribution in [0.25, 0.3) is 0 Å². The lowest BCUT2D eigenvalue weighted by molar-refractivity contribution is -0.116. The molecule has 1 atom stereocenters. The molecule has 1 saturated heterocycles. The van der Waals surface area contributed by atoms with Crippen LogP contribution in [0.2, 0.25) is 5.02 Å². The monoisotopic (exact) mass is 375 g/mol. The zero-order valence-electron chi connectivity index (χ0n) is 14.8. The van der Waals surface area contributed by atoms with Crippen LogP contribution in [0.15, 0.2) is 42.5 Å². The Morgan fingerprint density at radius 3 is 2.46 bits per heavy atom. The zero-order chi connectivity index (χ0) is 18.5. The van der Waals surface area contributed by atoms with Gasteiger partial charge in [-0.1, -0.05) is 11.6 Å². The van der Waals surface area contributed by atoms with Crippen LogP contribution in [0.4, 0.5) is 21.5 Å². The van der Waals surface area contributed by atoms with Gasteiger partial charge in [-0.3, -0.25) is 4.79 Å². The van der Waals surface area contributed by atoms with Crippen molar-refractivity contribution in [2.24, 2.45) is 0 Å². The average molecular weight is 376 g/mol. The summed E-state index contributed by atoms with van der Waals surface area (Å²) in [6.07, 6.45) is 3.77. The maximum absolute atomic E-state index is 13.8. The number of halogens is 2. The molecule has 26 heavy (non-hydrogen) atoms. The largest absolute Gasteiger partial charge is 0.374 e. The molecule has 1 aliphatic heterocycles. The van der Waals surface area contributed by atoms with E-state index in [0.29, 0.717) is 5.02 Å². The van der Waals surface area contributed by atoms with Crippen LogP contribution in [0, 0.1) is 5.82 Å². The van der Waals surface area contributed by atoms with Crippen LogP contribution in [0.3, 0.4) is 0 Å². The molecule has 2 aromatic rings. The summed E-state index contributed by atoms with van der Waals surface area (Å²) in [7, 11) is 0. The third-order valence-corrected chi connectivity index (χ3v) is 4.79. The molecule has 1 heterocycles. The van der Waals surface area contributed by atoms with Gasteiger partial charge in [0.15, 0.2) is 0 Å². The second-order valence-electron chi connectivity index (χ2n) is 6.57. The van der Waals surface area contributed by atoms with Gasteiger partial charge in [-0.25, -0.2) is 4.39 Å². The number of benzene rings is 2. The maximum Gasteiger partial charge on any atom is 0.246 e. The van der Waals surface area contributed by atoms with Gasteiger partial charge >= 0.3 is 0 Å². The summed E-state index contributed by atoms with van der Waals surface area (Å²) in [4.78, 5) is 14.7. The van der Waals surface area contributed by atoms with Crippen molar-refractivity contribution in [2.45, 2.75) is 32.2 Å². The lowest BCUT2D eigenvalue weighted by atomic mass is 10.1. The molecule has 6 heteroatoms. The number of rotatable bonds is 5. The van der Waals surface area contributed by atoms with Crippen molar-refractivity contribution < 1.29 is 9.18 Å². The average Bonchev–Trinajstić information content (AvgIpc) is 2.65. The summed E-state index contributed by atoms with van der Waals surface area (Å²) >= 11 is 5.72. The van der Waals surface area contributed by atoms with E-state index in [1.54, 1.807) is 6.92 Å². The summed E-state index contributed by atoms with van der Waals surface area (Å²) in [6.45, 7) is 3.93. The van der Waals surface area contributed by atoms with Gasteiger partial charge < -0.3 is 15.5 Å². The SMILES string of the molecule is CC(Nc1ccc(N2CCCCC2)cc1)C(=O)Nc1ccc(Cl)cc1F. The first-order valence-electron chi connectivity index (χ1n) is 8.90. The van der Waals surface area contributed by atoms with Gasteiger partial charge in [0.05, 0.1) is 5.69 Å². The standard InChI is InChI=1S/C20H23ClFN3O/c1-14(20(26)24-19-10-5-15(21)13-18(19)22)23-16-6-8-17(9-7-16)25-11-3-2-4-12-25/h5-10,13-14,23H,2-4,11-12H2,1H3,(H,24,26). The molecule has 0 bridgehead atoms. The Hall–Kier alpha value is -2.27. The quantitative estimate of drug-likeness (QED) is 0.780. The Morgan fingerprint density at radius 1 is 1.12 bits per heavy atom. The van der Waals surface area contributed by atoms with E-state index in [0.717, 1.165) is 18.8 Å². The van der Waals surface area contributed by atoms with E-state index in [2.05, 4.69) is 27.7 Å². The molecule has 1 amide bonds. The second-order valence-corrected chi connectivity index (χ2v) is 7.01. The van der Waals surface area contributed by atoms with Crippen molar-refractivity contribution in [1.82, 2.24) is 0 Å². The van der Waals surface area contributed by atoms with Gasteiger partial charge in [0.2, 0.25) is 5.91 Å². The summed E-state index contributed by atoms with van der Waals surface area (Å²) in [6, 6.07) is 11.7. The van der Waals surface area contributed by atoms with Crippen LogP contribution in [0.1, 0.15) is 26.2 Å². The first-order chi connectivity index (χ1) is 12.5. The minimum Gasteiger partial charge on any atom is -0.374 e. The normalized spacial score (nSPS) is 15.4. The van der Waals surface area contributed by atoms with Crippen molar-refractivity contribution in [3.05, 3.63) is 53.3 Å². The molecule has 2 N–H and O–H groups in total. The number of hydrogen-bond donors (Lipinski definition) is 2. The molecule has 1 unspecified atom stereocenters. The first-order valence-corrected chi connectivity index (χ1v) is 9.28. The van der Waals surface area contributed by atoms with Gasteiger partial charge in [-0.2, -0.15) is 0 Å². The molecule has 138 valence electrons. The summed E-state index contributed by atoms with van der Waals surface area (Å²) in [5.74, 6) is -0.865. The highest BCUT2D eigenvalue weighted by Gasteiger charge is 2.15. The van der Waals surface area contributed by atoms with Crippen LogP contribution in [-0.2, 0) is 4.79 Å².